The number of halogens is 1. The topological polar surface area (TPSA) is 77.6 Å². The van der Waals surface area contributed by atoms with Crippen molar-refractivity contribution in [2.75, 3.05) is 6.54 Å². The van der Waals surface area contributed by atoms with Crippen LogP contribution in [-0.4, -0.2) is 31.3 Å². The molecule has 7 nitrogen and oxygen atoms in total. The number of thiophene rings is 1. The maximum absolute atomic E-state index is 12.2. The lowest BCUT2D eigenvalue weighted by molar-refractivity contribution is 0.512. The summed E-state index contributed by atoms with van der Waals surface area (Å²) >= 11 is 7.40. The van der Waals surface area contributed by atoms with Crippen molar-refractivity contribution in [3.8, 4) is 0 Å². The lowest BCUT2D eigenvalue weighted by atomic mass is 10.4. The molecule has 0 aromatic carbocycles. The molecule has 0 fully saturated rings. The molecule has 9 heteroatoms. The monoisotopic (exact) mass is 324 g/mol. The van der Waals surface area contributed by atoms with Gasteiger partial charge in [-0.2, -0.15) is 5.10 Å². The van der Waals surface area contributed by atoms with E-state index < -0.39 is 0 Å². The molecule has 3 aromatic rings. The maximum Gasteiger partial charge on any atom is 0.280 e. The van der Waals surface area contributed by atoms with E-state index in [0.29, 0.717) is 30.7 Å². The van der Waals surface area contributed by atoms with Crippen molar-refractivity contribution < 1.29 is 0 Å². The van der Waals surface area contributed by atoms with Gasteiger partial charge in [0.15, 0.2) is 5.65 Å². The van der Waals surface area contributed by atoms with E-state index >= 15 is 0 Å². The minimum atomic E-state index is -0.172. The predicted octanol–water partition coefficient (Wildman–Crippen LogP) is 1.03. The largest absolute Gasteiger partial charge is 0.310 e. The van der Waals surface area contributed by atoms with Crippen LogP contribution in [0.4, 0.5) is 0 Å². The van der Waals surface area contributed by atoms with E-state index in [2.05, 4.69) is 20.7 Å². The van der Waals surface area contributed by atoms with Crippen LogP contribution >= 0.6 is 22.9 Å². The zero-order valence-corrected chi connectivity index (χ0v) is 12.9. The Morgan fingerprint density at radius 3 is 3.05 bits per heavy atom. The summed E-state index contributed by atoms with van der Waals surface area (Å²) in [6.45, 7) is 1.79. The van der Waals surface area contributed by atoms with E-state index in [4.69, 9.17) is 11.6 Å². The molecule has 1 N–H and O–H groups in total. The van der Waals surface area contributed by atoms with Gasteiger partial charge in [-0.1, -0.05) is 16.8 Å². The maximum atomic E-state index is 12.2. The van der Waals surface area contributed by atoms with Gasteiger partial charge in [-0.3, -0.25) is 4.79 Å². The van der Waals surface area contributed by atoms with E-state index in [9.17, 15) is 4.79 Å². The van der Waals surface area contributed by atoms with Crippen molar-refractivity contribution in [3.63, 3.8) is 0 Å². The highest BCUT2D eigenvalue weighted by atomic mass is 35.5. The Hall–Kier alpha value is -1.77. The number of aromatic nitrogens is 5. The molecule has 0 bridgehead atoms. The highest BCUT2D eigenvalue weighted by Gasteiger charge is 2.08. The first-order valence-corrected chi connectivity index (χ1v) is 7.55. The first kappa shape index (κ1) is 14.2. The summed E-state index contributed by atoms with van der Waals surface area (Å²) in [4.78, 5) is 13.3. The van der Waals surface area contributed by atoms with Crippen LogP contribution in [0, 0.1) is 0 Å². The quantitative estimate of drug-likeness (QED) is 0.709. The fourth-order valence-corrected chi connectivity index (χ4v) is 3.02. The molecule has 0 spiro atoms. The zero-order valence-electron chi connectivity index (χ0n) is 11.3. The Labute approximate surface area is 129 Å². The van der Waals surface area contributed by atoms with Crippen molar-refractivity contribution in [3.05, 3.63) is 37.9 Å². The highest BCUT2D eigenvalue weighted by molar-refractivity contribution is 7.16. The molecule has 3 heterocycles. The summed E-state index contributed by atoms with van der Waals surface area (Å²) in [7, 11) is 1.73. The second-order valence-electron chi connectivity index (χ2n) is 4.51. The van der Waals surface area contributed by atoms with Gasteiger partial charge in [0.05, 0.1) is 17.1 Å². The standard InChI is InChI=1S/C12H13ClN6OS/c1-18-11-9(7-15-18)12(20)19(17-16-11)5-4-14-6-8-2-3-10(13)21-8/h2-3,7,14H,4-6H2,1H3. The summed E-state index contributed by atoms with van der Waals surface area (Å²) in [5.41, 5.74) is 0.325. The van der Waals surface area contributed by atoms with Crippen molar-refractivity contribution >= 4 is 34.0 Å². The second kappa shape index (κ2) is 5.92. The molecule has 0 unspecified atom stereocenters. The van der Waals surface area contributed by atoms with Crippen molar-refractivity contribution in [1.29, 1.82) is 0 Å². The van der Waals surface area contributed by atoms with Crippen molar-refractivity contribution in [2.45, 2.75) is 13.1 Å². The molecule has 3 rings (SSSR count). The summed E-state index contributed by atoms with van der Waals surface area (Å²) in [6.07, 6.45) is 1.52. The number of nitrogens with one attached hydrogen (secondary N) is 1. The van der Waals surface area contributed by atoms with Gasteiger partial charge < -0.3 is 5.32 Å². The van der Waals surface area contributed by atoms with E-state index in [-0.39, 0.29) is 5.56 Å². The van der Waals surface area contributed by atoms with Crippen LogP contribution in [0.2, 0.25) is 4.34 Å². The molecule has 21 heavy (non-hydrogen) atoms. The predicted molar refractivity (Wildman–Crippen MR) is 81.6 cm³/mol. The highest BCUT2D eigenvalue weighted by Crippen LogP contribution is 2.20. The van der Waals surface area contributed by atoms with Gasteiger partial charge in [-0.15, -0.1) is 16.4 Å². The van der Waals surface area contributed by atoms with Crippen LogP contribution in [0.3, 0.4) is 0 Å². The van der Waals surface area contributed by atoms with Gasteiger partial charge in [0.1, 0.15) is 5.39 Å². The first-order chi connectivity index (χ1) is 10.1. The van der Waals surface area contributed by atoms with Gasteiger partial charge in [0.25, 0.3) is 5.56 Å². The second-order valence-corrected chi connectivity index (χ2v) is 6.31. The van der Waals surface area contributed by atoms with E-state index in [1.54, 1.807) is 7.05 Å². The zero-order chi connectivity index (χ0) is 14.8. The Morgan fingerprint density at radius 1 is 1.43 bits per heavy atom. The third kappa shape index (κ3) is 2.97. The number of hydrogen-bond acceptors (Lipinski definition) is 6. The van der Waals surface area contributed by atoms with Crippen molar-refractivity contribution in [2.24, 2.45) is 7.05 Å². The number of rotatable bonds is 5. The number of nitrogens with zero attached hydrogens (tertiary/aromatic N) is 5. The van der Waals surface area contributed by atoms with E-state index in [1.807, 2.05) is 12.1 Å². The van der Waals surface area contributed by atoms with Crippen molar-refractivity contribution in [1.82, 2.24) is 30.1 Å². The molecular weight excluding hydrogens is 312 g/mol. The molecule has 0 saturated heterocycles. The third-order valence-corrected chi connectivity index (χ3v) is 4.28. The van der Waals surface area contributed by atoms with Gasteiger partial charge in [-0.05, 0) is 12.1 Å². The summed E-state index contributed by atoms with van der Waals surface area (Å²) < 4.78 is 3.65. The Kier molecular flexibility index (Phi) is 4.00. The average Bonchev–Trinajstić information content (AvgIpc) is 3.04. The summed E-state index contributed by atoms with van der Waals surface area (Å²) in [5.74, 6) is 0. The molecular formula is C12H13ClN6OS. The molecule has 0 radical (unpaired) electrons. The first-order valence-electron chi connectivity index (χ1n) is 6.35. The Morgan fingerprint density at radius 2 is 2.29 bits per heavy atom. The van der Waals surface area contributed by atoms with Crippen LogP contribution < -0.4 is 10.9 Å². The van der Waals surface area contributed by atoms with E-state index in [1.165, 1.54) is 26.9 Å². The van der Waals surface area contributed by atoms with Gasteiger partial charge >= 0.3 is 0 Å². The average molecular weight is 325 g/mol. The summed E-state index contributed by atoms with van der Waals surface area (Å²) in [5, 5.41) is 15.7. The van der Waals surface area contributed by atoms with Crippen LogP contribution in [-0.2, 0) is 20.1 Å². The fraction of sp³-hybridized carbons (Fsp3) is 0.333. The molecule has 0 atom stereocenters. The molecule has 0 aliphatic carbocycles. The molecule has 0 aliphatic rings. The SMILES string of the molecule is Cn1ncc2c(=O)n(CCNCc3ccc(Cl)s3)nnc21. The van der Waals surface area contributed by atoms with E-state index in [0.717, 1.165) is 9.21 Å². The number of fused-ring (bicyclic) bond motifs is 1. The Bertz CT molecular complexity index is 823. The molecule has 110 valence electrons. The lowest BCUT2D eigenvalue weighted by Gasteiger charge is -2.04. The number of aryl methyl sites for hydroxylation is 1. The molecule has 0 saturated carbocycles. The van der Waals surface area contributed by atoms with Crippen LogP contribution in [0.1, 0.15) is 4.88 Å². The fourth-order valence-electron chi connectivity index (χ4n) is 1.97. The van der Waals surface area contributed by atoms with Crippen LogP contribution in [0.15, 0.2) is 23.1 Å². The van der Waals surface area contributed by atoms with Gasteiger partial charge in [0.2, 0.25) is 0 Å². The van der Waals surface area contributed by atoms with Crippen LogP contribution in [0.5, 0.6) is 0 Å². The molecule has 0 aliphatic heterocycles. The Balaban J connectivity index is 1.63. The number of hydrogen-bond donors (Lipinski definition) is 1. The molecule has 0 amide bonds. The third-order valence-electron chi connectivity index (χ3n) is 3.05. The minimum absolute atomic E-state index is 0.172. The normalized spacial score (nSPS) is 11.3. The van der Waals surface area contributed by atoms with Crippen LogP contribution in [0.25, 0.3) is 11.0 Å². The summed E-state index contributed by atoms with van der Waals surface area (Å²) in [6, 6.07) is 3.85. The molecule has 3 aromatic heterocycles. The lowest BCUT2D eigenvalue weighted by Crippen LogP contribution is -2.29. The smallest absolute Gasteiger partial charge is 0.280 e. The van der Waals surface area contributed by atoms with Gasteiger partial charge in [-0.25, -0.2) is 9.36 Å². The van der Waals surface area contributed by atoms with Gasteiger partial charge in [0, 0.05) is 25.0 Å². The minimum Gasteiger partial charge on any atom is -0.310 e.